The Balaban J connectivity index is 1.65. The Kier molecular flexibility index (Phi) is 6.79. The smallest absolute Gasteiger partial charge is 0.275 e. The first-order valence-electron chi connectivity index (χ1n) is 9.09. The van der Waals surface area contributed by atoms with Crippen LogP contribution in [0, 0.1) is 0 Å². The summed E-state index contributed by atoms with van der Waals surface area (Å²) >= 11 is 0. The second kappa shape index (κ2) is 9.92. The molecule has 0 unspecified atom stereocenters. The summed E-state index contributed by atoms with van der Waals surface area (Å²) in [7, 11) is 0. The Morgan fingerprint density at radius 3 is 2.36 bits per heavy atom. The normalized spacial score (nSPS) is 10.6. The van der Waals surface area contributed by atoms with Gasteiger partial charge in [-0.3, -0.25) is 4.79 Å². The van der Waals surface area contributed by atoms with Gasteiger partial charge in [-0.2, -0.15) is 5.10 Å². The lowest BCUT2D eigenvalue weighted by atomic mass is 10.2. The van der Waals surface area contributed by atoms with E-state index in [2.05, 4.69) is 10.5 Å². The molecule has 0 aliphatic carbocycles. The van der Waals surface area contributed by atoms with Crippen molar-refractivity contribution in [1.29, 1.82) is 0 Å². The lowest BCUT2D eigenvalue weighted by molar-refractivity contribution is 0.0951. The van der Waals surface area contributed by atoms with Crippen LogP contribution in [-0.2, 0) is 6.61 Å². The summed E-state index contributed by atoms with van der Waals surface area (Å²) in [6, 6.07) is 24.5. The van der Waals surface area contributed by atoms with Gasteiger partial charge in [-0.05, 0) is 36.8 Å². The van der Waals surface area contributed by atoms with Crippen molar-refractivity contribution in [3.8, 4) is 11.5 Å². The van der Waals surface area contributed by atoms with E-state index in [1.165, 1.54) is 0 Å². The molecule has 1 N–H and O–H groups in total. The summed E-state index contributed by atoms with van der Waals surface area (Å²) in [5.74, 6) is 0.895. The van der Waals surface area contributed by atoms with E-state index in [1.807, 2.05) is 67.6 Å². The second-order valence-electron chi connectivity index (χ2n) is 5.94. The Morgan fingerprint density at radius 1 is 0.893 bits per heavy atom. The largest absolute Gasteiger partial charge is 0.493 e. The molecule has 0 aliphatic heterocycles. The van der Waals surface area contributed by atoms with Crippen molar-refractivity contribution in [2.24, 2.45) is 5.10 Å². The van der Waals surface area contributed by atoms with Crippen LogP contribution in [0.5, 0.6) is 11.5 Å². The highest BCUT2D eigenvalue weighted by molar-refractivity contribution is 5.97. The number of rotatable bonds is 8. The minimum absolute atomic E-state index is 0.331. The average Bonchev–Trinajstić information content (AvgIpc) is 2.74. The summed E-state index contributed by atoms with van der Waals surface area (Å²) in [4.78, 5) is 12.4. The third kappa shape index (κ3) is 5.20. The molecule has 0 radical (unpaired) electrons. The molecule has 28 heavy (non-hydrogen) atoms. The highest BCUT2D eigenvalue weighted by atomic mass is 16.5. The van der Waals surface area contributed by atoms with Crippen molar-refractivity contribution in [2.45, 2.75) is 13.5 Å². The van der Waals surface area contributed by atoms with Crippen molar-refractivity contribution in [2.75, 3.05) is 6.61 Å². The predicted octanol–water partition coefficient (Wildman–Crippen LogP) is 4.43. The minimum atomic E-state index is -0.331. The quantitative estimate of drug-likeness (QED) is 0.469. The number of carbonyl (C=O) groups excluding carboxylic acids is 1. The van der Waals surface area contributed by atoms with Gasteiger partial charge in [0.2, 0.25) is 0 Å². The first kappa shape index (κ1) is 19.2. The maximum atomic E-state index is 12.4. The van der Waals surface area contributed by atoms with Gasteiger partial charge in [0.1, 0.15) is 18.1 Å². The summed E-state index contributed by atoms with van der Waals surface area (Å²) < 4.78 is 11.4. The zero-order chi connectivity index (χ0) is 19.6. The third-order valence-electron chi connectivity index (χ3n) is 3.96. The highest BCUT2D eigenvalue weighted by Crippen LogP contribution is 2.19. The molecule has 5 nitrogen and oxygen atoms in total. The molecule has 142 valence electrons. The number of amides is 1. The molecule has 0 aliphatic rings. The number of para-hydroxylation sites is 2. The van der Waals surface area contributed by atoms with Crippen LogP contribution in [0.25, 0.3) is 0 Å². The van der Waals surface area contributed by atoms with Gasteiger partial charge in [-0.25, -0.2) is 5.43 Å². The van der Waals surface area contributed by atoms with Crippen LogP contribution in [0.3, 0.4) is 0 Å². The van der Waals surface area contributed by atoms with E-state index >= 15 is 0 Å². The summed E-state index contributed by atoms with van der Waals surface area (Å²) in [5.41, 5.74) is 4.84. The van der Waals surface area contributed by atoms with Gasteiger partial charge in [-0.15, -0.1) is 0 Å². The Labute approximate surface area is 164 Å². The SMILES string of the molecule is CCOc1ccccc1C(=O)N/N=C\c1ccccc1OCc1ccccc1. The maximum Gasteiger partial charge on any atom is 0.275 e. The van der Waals surface area contributed by atoms with Gasteiger partial charge in [0.15, 0.2) is 0 Å². The van der Waals surface area contributed by atoms with E-state index in [4.69, 9.17) is 9.47 Å². The Hall–Kier alpha value is -3.60. The number of benzene rings is 3. The maximum absolute atomic E-state index is 12.4. The number of hydrogen-bond donors (Lipinski definition) is 1. The van der Waals surface area contributed by atoms with Crippen molar-refractivity contribution in [3.63, 3.8) is 0 Å². The molecule has 0 bridgehead atoms. The minimum Gasteiger partial charge on any atom is -0.493 e. The fraction of sp³-hybridized carbons (Fsp3) is 0.130. The van der Waals surface area contributed by atoms with E-state index in [-0.39, 0.29) is 5.91 Å². The lowest BCUT2D eigenvalue weighted by Gasteiger charge is -2.09. The first-order chi connectivity index (χ1) is 13.8. The van der Waals surface area contributed by atoms with Crippen LogP contribution >= 0.6 is 0 Å². The molecular weight excluding hydrogens is 352 g/mol. The average molecular weight is 374 g/mol. The number of hydrazone groups is 1. The van der Waals surface area contributed by atoms with Gasteiger partial charge in [0, 0.05) is 5.56 Å². The number of carbonyl (C=O) groups is 1. The zero-order valence-electron chi connectivity index (χ0n) is 15.7. The van der Waals surface area contributed by atoms with Crippen LogP contribution in [0.2, 0.25) is 0 Å². The lowest BCUT2D eigenvalue weighted by Crippen LogP contribution is -2.18. The molecule has 0 heterocycles. The summed E-state index contributed by atoms with van der Waals surface area (Å²) in [6.45, 7) is 2.82. The number of ether oxygens (including phenoxy) is 2. The van der Waals surface area contributed by atoms with Gasteiger partial charge in [0.05, 0.1) is 18.4 Å². The van der Waals surface area contributed by atoms with Crippen molar-refractivity contribution >= 4 is 12.1 Å². The van der Waals surface area contributed by atoms with Gasteiger partial charge >= 0.3 is 0 Å². The molecule has 5 heteroatoms. The molecule has 3 aromatic rings. The van der Waals surface area contributed by atoms with Crippen molar-refractivity contribution in [3.05, 3.63) is 95.6 Å². The molecule has 3 rings (SSSR count). The molecular formula is C23H22N2O3. The standard InChI is InChI=1S/C23H22N2O3/c1-2-27-22-15-9-7-13-20(22)23(26)25-24-16-19-12-6-8-14-21(19)28-17-18-10-4-3-5-11-18/h3-16H,2,17H2,1H3,(H,25,26)/b24-16-. The predicted molar refractivity (Wildman–Crippen MR) is 110 cm³/mol. The monoisotopic (exact) mass is 374 g/mol. The van der Waals surface area contributed by atoms with Gasteiger partial charge in [0.25, 0.3) is 5.91 Å². The molecule has 0 saturated heterocycles. The molecule has 1 amide bonds. The van der Waals surface area contributed by atoms with Crippen LogP contribution in [-0.4, -0.2) is 18.7 Å². The molecule has 3 aromatic carbocycles. The Morgan fingerprint density at radius 2 is 1.57 bits per heavy atom. The van der Waals surface area contributed by atoms with Gasteiger partial charge in [-0.1, -0.05) is 54.6 Å². The number of nitrogens with zero attached hydrogens (tertiary/aromatic N) is 1. The van der Waals surface area contributed by atoms with E-state index in [0.29, 0.717) is 30.3 Å². The molecule has 0 spiro atoms. The van der Waals surface area contributed by atoms with Crippen LogP contribution < -0.4 is 14.9 Å². The topological polar surface area (TPSA) is 59.9 Å². The van der Waals surface area contributed by atoms with E-state index in [0.717, 1.165) is 11.1 Å². The van der Waals surface area contributed by atoms with E-state index < -0.39 is 0 Å². The highest BCUT2D eigenvalue weighted by Gasteiger charge is 2.10. The van der Waals surface area contributed by atoms with Crippen LogP contribution in [0.15, 0.2) is 84.0 Å². The molecule has 0 atom stereocenters. The van der Waals surface area contributed by atoms with E-state index in [9.17, 15) is 4.79 Å². The fourth-order valence-corrected chi connectivity index (χ4v) is 2.61. The molecule has 0 saturated carbocycles. The fourth-order valence-electron chi connectivity index (χ4n) is 2.61. The zero-order valence-corrected chi connectivity index (χ0v) is 15.7. The van der Waals surface area contributed by atoms with Crippen molar-refractivity contribution in [1.82, 2.24) is 5.43 Å². The number of hydrogen-bond acceptors (Lipinski definition) is 4. The van der Waals surface area contributed by atoms with E-state index in [1.54, 1.807) is 24.4 Å². The number of nitrogens with one attached hydrogen (secondary N) is 1. The first-order valence-corrected chi connectivity index (χ1v) is 9.09. The second-order valence-corrected chi connectivity index (χ2v) is 5.94. The third-order valence-corrected chi connectivity index (χ3v) is 3.96. The van der Waals surface area contributed by atoms with Crippen molar-refractivity contribution < 1.29 is 14.3 Å². The van der Waals surface area contributed by atoms with Gasteiger partial charge < -0.3 is 9.47 Å². The molecule has 0 aromatic heterocycles. The summed E-state index contributed by atoms with van der Waals surface area (Å²) in [5, 5.41) is 4.07. The molecule has 0 fully saturated rings. The van der Waals surface area contributed by atoms with Crippen LogP contribution in [0.4, 0.5) is 0 Å². The van der Waals surface area contributed by atoms with Crippen LogP contribution in [0.1, 0.15) is 28.4 Å². The summed E-state index contributed by atoms with van der Waals surface area (Å²) in [6.07, 6.45) is 1.57. The Bertz CT molecular complexity index is 939.